The van der Waals surface area contributed by atoms with Crippen LogP contribution < -0.4 is 0 Å². The maximum atomic E-state index is 12.8. The summed E-state index contributed by atoms with van der Waals surface area (Å²) in [4.78, 5) is 31.3. The van der Waals surface area contributed by atoms with Crippen LogP contribution in [0.2, 0.25) is 0 Å². The standard InChI is InChI=1S/C18H18N2O2/c21-17-15-11-4-5-12(14-9-13(11)14)16(15)18(22)20(17)8-6-10-3-1-2-7-19-10/h1-5,7,11-16H,6,8-9H2. The third kappa shape index (κ3) is 1.55. The Labute approximate surface area is 129 Å². The molecule has 5 aliphatic rings. The van der Waals surface area contributed by atoms with Crippen molar-refractivity contribution in [1.82, 2.24) is 9.88 Å². The maximum Gasteiger partial charge on any atom is 0.233 e. The van der Waals surface area contributed by atoms with Gasteiger partial charge in [-0.15, -0.1) is 0 Å². The van der Waals surface area contributed by atoms with Gasteiger partial charge in [-0.05, 0) is 42.2 Å². The average Bonchev–Trinajstić information content (AvgIpc) is 3.33. The summed E-state index contributed by atoms with van der Waals surface area (Å²) in [6.45, 7) is 0.469. The molecule has 0 radical (unpaired) electrons. The lowest BCUT2D eigenvalue weighted by Gasteiger charge is -2.37. The molecular weight excluding hydrogens is 276 g/mol. The minimum Gasteiger partial charge on any atom is -0.282 e. The summed E-state index contributed by atoms with van der Waals surface area (Å²) in [5.41, 5.74) is 0.932. The van der Waals surface area contributed by atoms with E-state index in [9.17, 15) is 9.59 Å². The molecule has 0 spiro atoms. The summed E-state index contributed by atoms with van der Waals surface area (Å²) in [5.74, 6) is 1.95. The molecular formula is C18H18N2O2. The van der Waals surface area contributed by atoms with E-state index in [1.807, 2.05) is 18.2 Å². The fraction of sp³-hybridized carbons (Fsp3) is 0.500. The van der Waals surface area contributed by atoms with Crippen LogP contribution in [0.15, 0.2) is 36.5 Å². The Hall–Kier alpha value is -1.97. The van der Waals surface area contributed by atoms with Gasteiger partial charge in [-0.25, -0.2) is 0 Å². The zero-order chi connectivity index (χ0) is 14.8. The van der Waals surface area contributed by atoms with Gasteiger partial charge in [-0.2, -0.15) is 0 Å². The van der Waals surface area contributed by atoms with E-state index in [0.29, 0.717) is 36.6 Å². The summed E-state index contributed by atoms with van der Waals surface area (Å²) in [6.07, 6.45) is 8.04. The van der Waals surface area contributed by atoms with Crippen molar-refractivity contribution in [3.8, 4) is 0 Å². The molecule has 6 rings (SSSR count). The van der Waals surface area contributed by atoms with Gasteiger partial charge in [0.25, 0.3) is 0 Å². The second kappa shape index (κ2) is 4.28. The molecule has 1 aliphatic heterocycles. The first-order valence-corrected chi connectivity index (χ1v) is 8.19. The van der Waals surface area contributed by atoms with E-state index in [1.165, 1.54) is 11.3 Å². The number of amides is 2. The van der Waals surface area contributed by atoms with Gasteiger partial charge < -0.3 is 0 Å². The molecule has 4 nitrogen and oxygen atoms in total. The molecule has 6 unspecified atom stereocenters. The summed E-state index contributed by atoms with van der Waals surface area (Å²) in [6, 6.07) is 5.76. The molecule has 2 bridgehead atoms. The van der Waals surface area contributed by atoms with Crippen molar-refractivity contribution in [3.05, 3.63) is 42.2 Å². The smallest absolute Gasteiger partial charge is 0.233 e. The number of hydrogen-bond donors (Lipinski definition) is 0. The van der Waals surface area contributed by atoms with Crippen molar-refractivity contribution in [3.63, 3.8) is 0 Å². The molecule has 2 saturated carbocycles. The van der Waals surface area contributed by atoms with Crippen molar-refractivity contribution in [2.24, 2.45) is 35.5 Å². The largest absolute Gasteiger partial charge is 0.282 e. The van der Waals surface area contributed by atoms with Crippen LogP contribution in [0.5, 0.6) is 0 Å². The summed E-state index contributed by atoms with van der Waals surface area (Å²) < 4.78 is 0. The number of allylic oxidation sites excluding steroid dienone is 2. The lowest BCUT2D eigenvalue weighted by atomic mass is 9.63. The van der Waals surface area contributed by atoms with Gasteiger partial charge in [0, 0.05) is 24.9 Å². The molecule has 3 fully saturated rings. The highest BCUT2D eigenvalue weighted by Gasteiger charge is 2.66. The molecule has 6 atom stereocenters. The predicted octanol–water partition coefficient (Wildman–Crippen LogP) is 1.68. The van der Waals surface area contributed by atoms with E-state index < -0.39 is 0 Å². The first-order valence-electron chi connectivity index (χ1n) is 8.19. The molecule has 0 N–H and O–H groups in total. The number of aromatic nitrogens is 1. The molecule has 2 heterocycles. The van der Waals surface area contributed by atoms with E-state index in [0.717, 1.165) is 5.69 Å². The van der Waals surface area contributed by atoms with Crippen molar-refractivity contribution in [2.45, 2.75) is 12.8 Å². The fourth-order valence-corrected chi connectivity index (χ4v) is 5.01. The topological polar surface area (TPSA) is 50.3 Å². The van der Waals surface area contributed by atoms with Crippen molar-refractivity contribution in [1.29, 1.82) is 0 Å². The van der Waals surface area contributed by atoms with E-state index in [1.54, 1.807) is 6.20 Å². The van der Waals surface area contributed by atoms with Crippen molar-refractivity contribution < 1.29 is 9.59 Å². The van der Waals surface area contributed by atoms with Gasteiger partial charge in [-0.3, -0.25) is 19.5 Å². The number of hydrogen-bond acceptors (Lipinski definition) is 3. The number of nitrogens with zero attached hydrogens (tertiary/aromatic N) is 2. The Bertz CT molecular complexity index is 648. The van der Waals surface area contributed by atoms with Crippen LogP contribution in [-0.2, 0) is 16.0 Å². The predicted molar refractivity (Wildman–Crippen MR) is 79.4 cm³/mol. The number of pyridine rings is 1. The highest BCUT2D eigenvalue weighted by atomic mass is 16.2. The maximum absolute atomic E-state index is 12.8. The molecule has 0 aromatic carbocycles. The van der Waals surface area contributed by atoms with Gasteiger partial charge in [0.2, 0.25) is 11.8 Å². The Morgan fingerprint density at radius 1 is 1.05 bits per heavy atom. The van der Waals surface area contributed by atoms with Crippen LogP contribution in [0.25, 0.3) is 0 Å². The minimum atomic E-state index is -0.0741. The first-order chi connectivity index (χ1) is 10.8. The Morgan fingerprint density at radius 2 is 1.73 bits per heavy atom. The average molecular weight is 294 g/mol. The quantitative estimate of drug-likeness (QED) is 0.629. The van der Waals surface area contributed by atoms with Crippen LogP contribution in [0, 0.1) is 35.5 Å². The van der Waals surface area contributed by atoms with Crippen LogP contribution in [0.3, 0.4) is 0 Å². The lowest BCUT2D eigenvalue weighted by molar-refractivity contribution is -0.140. The summed E-state index contributed by atoms with van der Waals surface area (Å²) in [5, 5.41) is 0. The summed E-state index contributed by atoms with van der Waals surface area (Å²) >= 11 is 0. The lowest BCUT2D eigenvalue weighted by Crippen LogP contribution is -2.40. The van der Waals surface area contributed by atoms with E-state index in [4.69, 9.17) is 0 Å². The Balaban J connectivity index is 1.38. The Morgan fingerprint density at radius 3 is 2.32 bits per heavy atom. The number of likely N-dealkylation sites (tertiary alicyclic amines) is 1. The third-order valence-electron chi connectivity index (χ3n) is 6.07. The number of carbonyl (C=O) groups is 2. The fourth-order valence-electron chi connectivity index (χ4n) is 5.01. The molecule has 22 heavy (non-hydrogen) atoms. The highest BCUT2D eigenvalue weighted by Crippen LogP contribution is 2.65. The normalized spacial score (nSPS) is 40.8. The summed E-state index contributed by atoms with van der Waals surface area (Å²) in [7, 11) is 0. The molecule has 1 aromatic rings. The van der Waals surface area contributed by atoms with Gasteiger partial charge in [0.05, 0.1) is 11.8 Å². The van der Waals surface area contributed by atoms with Gasteiger partial charge in [0.1, 0.15) is 0 Å². The van der Waals surface area contributed by atoms with Crippen LogP contribution >= 0.6 is 0 Å². The Kier molecular flexibility index (Phi) is 2.44. The minimum absolute atomic E-state index is 0.0654. The number of rotatable bonds is 3. The van der Waals surface area contributed by atoms with Crippen molar-refractivity contribution in [2.75, 3.05) is 6.54 Å². The van der Waals surface area contributed by atoms with Gasteiger partial charge in [0.15, 0.2) is 0 Å². The molecule has 2 amide bonds. The van der Waals surface area contributed by atoms with Gasteiger partial charge in [-0.1, -0.05) is 18.2 Å². The van der Waals surface area contributed by atoms with E-state index in [2.05, 4.69) is 17.1 Å². The molecule has 112 valence electrons. The van der Waals surface area contributed by atoms with Crippen LogP contribution in [0.4, 0.5) is 0 Å². The first kappa shape index (κ1) is 12.6. The van der Waals surface area contributed by atoms with Gasteiger partial charge >= 0.3 is 0 Å². The number of carbonyl (C=O) groups excluding carboxylic acids is 2. The van der Waals surface area contributed by atoms with E-state index >= 15 is 0 Å². The van der Waals surface area contributed by atoms with Crippen molar-refractivity contribution >= 4 is 11.8 Å². The molecule has 4 aliphatic carbocycles. The second-order valence-corrected chi connectivity index (χ2v) is 7.05. The monoisotopic (exact) mass is 294 g/mol. The zero-order valence-corrected chi connectivity index (χ0v) is 12.3. The van der Waals surface area contributed by atoms with Crippen LogP contribution in [0.1, 0.15) is 12.1 Å². The molecule has 1 aromatic heterocycles. The highest BCUT2D eigenvalue weighted by molar-refractivity contribution is 6.06. The number of imide groups is 1. The molecule has 4 heteroatoms. The molecule has 1 saturated heterocycles. The second-order valence-electron chi connectivity index (χ2n) is 7.05. The van der Waals surface area contributed by atoms with E-state index in [-0.39, 0.29) is 23.7 Å². The third-order valence-corrected chi connectivity index (χ3v) is 6.07. The SMILES string of the molecule is O=C1C2C3C=CC(C4CC34)C2C(=O)N1CCc1ccccn1. The van der Waals surface area contributed by atoms with Crippen LogP contribution in [-0.4, -0.2) is 28.2 Å². The zero-order valence-electron chi connectivity index (χ0n) is 12.3.